The van der Waals surface area contributed by atoms with E-state index in [0.717, 1.165) is 6.54 Å². The van der Waals surface area contributed by atoms with Gasteiger partial charge in [0, 0.05) is 19.1 Å². The number of piperidine rings is 1. The molecule has 0 spiro atoms. The summed E-state index contributed by atoms with van der Waals surface area (Å²) in [4.78, 5) is 2.59. The van der Waals surface area contributed by atoms with Crippen LogP contribution in [-0.4, -0.2) is 37.1 Å². The van der Waals surface area contributed by atoms with Crippen molar-refractivity contribution in [1.82, 2.24) is 10.2 Å². The molecule has 0 amide bonds. The van der Waals surface area contributed by atoms with Gasteiger partial charge in [0.25, 0.3) is 0 Å². The van der Waals surface area contributed by atoms with Crippen LogP contribution in [0.2, 0.25) is 0 Å². The molecule has 2 heteroatoms. The van der Waals surface area contributed by atoms with E-state index >= 15 is 0 Å². The highest BCUT2D eigenvalue weighted by molar-refractivity contribution is 4.94. The minimum Gasteiger partial charge on any atom is -0.310 e. The van der Waals surface area contributed by atoms with E-state index in [1.54, 1.807) is 0 Å². The third-order valence-corrected chi connectivity index (χ3v) is 2.96. The summed E-state index contributed by atoms with van der Waals surface area (Å²) >= 11 is 0. The lowest BCUT2D eigenvalue weighted by Gasteiger charge is -2.29. The van der Waals surface area contributed by atoms with Crippen molar-refractivity contribution in [3.63, 3.8) is 0 Å². The van der Waals surface area contributed by atoms with Crippen LogP contribution in [0.1, 0.15) is 40.0 Å². The molecule has 0 radical (unpaired) electrons. The Bertz CT molecular complexity index is 189. The van der Waals surface area contributed by atoms with Crippen molar-refractivity contribution in [2.75, 3.05) is 26.2 Å². The summed E-state index contributed by atoms with van der Waals surface area (Å²) in [6, 6.07) is 0.610. The van der Waals surface area contributed by atoms with Gasteiger partial charge < -0.3 is 10.2 Å². The molecule has 1 atom stereocenters. The van der Waals surface area contributed by atoms with Gasteiger partial charge in [-0.15, -0.1) is 0 Å². The summed E-state index contributed by atoms with van der Waals surface area (Å²) in [7, 11) is 0. The van der Waals surface area contributed by atoms with Crippen LogP contribution in [0, 0.1) is 0 Å². The Morgan fingerprint density at radius 2 is 1.93 bits per heavy atom. The lowest BCUT2D eigenvalue weighted by Crippen LogP contribution is -2.41. The third kappa shape index (κ3) is 5.95. The number of nitrogens with zero attached hydrogens (tertiary/aromatic N) is 1. The monoisotopic (exact) mass is 210 g/mol. The van der Waals surface area contributed by atoms with Crippen molar-refractivity contribution in [3.05, 3.63) is 11.6 Å². The quantitative estimate of drug-likeness (QED) is 0.701. The van der Waals surface area contributed by atoms with Crippen molar-refractivity contribution in [1.29, 1.82) is 0 Å². The van der Waals surface area contributed by atoms with Crippen molar-refractivity contribution in [3.8, 4) is 0 Å². The smallest absolute Gasteiger partial charge is 0.0169 e. The summed E-state index contributed by atoms with van der Waals surface area (Å²) in [6.45, 7) is 11.4. The maximum Gasteiger partial charge on any atom is 0.0169 e. The van der Waals surface area contributed by atoms with E-state index in [-0.39, 0.29) is 0 Å². The van der Waals surface area contributed by atoms with E-state index in [4.69, 9.17) is 0 Å². The van der Waals surface area contributed by atoms with Gasteiger partial charge >= 0.3 is 0 Å². The molecule has 1 N–H and O–H groups in total. The van der Waals surface area contributed by atoms with Crippen LogP contribution >= 0.6 is 0 Å². The molecule has 1 aliphatic rings. The van der Waals surface area contributed by atoms with Crippen molar-refractivity contribution in [2.24, 2.45) is 0 Å². The predicted molar refractivity (Wildman–Crippen MR) is 67.2 cm³/mol. The number of hydrogen-bond donors (Lipinski definition) is 1. The highest BCUT2D eigenvalue weighted by atomic mass is 15.1. The summed E-state index contributed by atoms with van der Waals surface area (Å²) in [5, 5.41) is 3.54. The second kappa shape index (κ2) is 7.02. The number of hydrogen-bond acceptors (Lipinski definition) is 2. The average Bonchev–Trinajstić information content (AvgIpc) is 2.18. The Kier molecular flexibility index (Phi) is 5.96. The summed E-state index contributed by atoms with van der Waals surface area (Å²) in [5.74, 6) is 0. The van der Waals surface area contributed by atoms with E-state index in [0.29, 0.717) is 6.04 Å². The molecule has 2 nitrogen and oxygen atoms in total. The first-order chi connectivity index (χ1) is 7.18. The van der Waals surface area contributed by atoms with Gasteiger partial charge in [-0.05, 0) is 46.7 Å². The molecule has 0 saturated carbocycles. The molecule has 1 heterocycles. The van der Waals surface area contributed by atoms with Crippen molar-refractivity contribution in [2.45, 2.75) is 46.1 Å². The maximum absolute atomic E-state index is 3.54. The van der Waals surface area contributed by atoms with Crippen LogP contribution in [0.5, 0.6) is 0 Å². The Labute approximate surface area is 94.7 Å². The van der Waals surface area contributed by atoms with Gasteiger partial charge in [-0.2, -0.15) is 0 Å². The topological polar surface area (TPSA) is 15.3 Å². The van der Waals surface area contributed by atoms with Crippen LogP contribution in [0.3, 0.4) is 0 Å². The van der Waals surface area contributed by atoms with Crippen LogP contribution in [0.25, 0.3) is 0 Å². The fraction of sp³-hybridized carbons (Fsp3) is 0.846. The fourth-order valence-electron chi connectivity index (χ4n) is 2.06. The van der Waals surface area contributed by atoms with Crippen LogP contribution in [-0.2, 0) is 0 Å². The highest BCUT2D eigenvalue weighted by Crippen LogP contribution is 2.08. The molecule has 0 aromatic rings. The Balaban J connectivity index is 2.11. The lowest BCUT2D eigenvalue weighted by molar-refractivity contribution is 0.210. The number of likely N-dealkylation sites (tertiary alicyclic amines) is 1. The van der Waals surface area contributed by atoms with Gasteiger partial charge in [0.1, 0.15) is 0 Å². The molecule has 1 aliphatic heterocycles. The maximum atomic E-state index is 3.54. The molecule has 1 unspecified atom stereocenters. The van der Waals surface area contributed by atoms with Gasteiger partial charge in [-0.25, -0.2) is 0 Å². The van der Waals surface area contributed by atoms with E-state index in [2.05, 4.69) is 37.1 Å². The third-order valence-electron chi connectivity index (χ3n) is 2.96. The van der Waals surface area contributed by atoms with Crippen LogP contribution in [0.4, 0.5) is 0 Å². The van der Waals surface area contributed by atoms with Gasteiger partial charge in [0.2, 0.25) is 0 Å². The molecular weight excluding hydrogens is 184 g/mol. The molecule has 1 fully saturated rings. The number of nitrogens with one attached hydrogen (secondary N) is 1. The van der Waals surface area contributed by atoms with E-state index in [9.17, 15) is 0 Å². The van der Waals surface area contributed by atoms with Gasteiger partial charge in [-0.3, -0.25) is 0 Å². The van der Waals surface area contributed by atoms with Crippen molar-refractivity contribution >= 4 is 0 Å². The Morgan fingerprint density at radius 3 is 2.53 bits per heavy atom. The van der Waals surface area contributed by atoms with Gasteiger partial charge in [-0.1, -0.05) is 18.1 Å². The normalized spacial score (nSPS) is 19.9. The minimum absolute atomic E-state index is 0.610. The zero-order chi connectivity index (χ0) is 11.1. The molecule has 0 bridgehead atoms. The SMILES string of the molecule is CC(C)=CCNC(C)CN1CCCCC1. The Hall–Kier alpha value is -0.340. The van der Waals surface area contributed by atoms with E-state index in [1.165, 1.54) is 44.5 Å². The lowest BCUT2D eigenvalue weighted by atomic mass is 10.1. The number of allylic oxidation sites excluding steroid dienone is 1. The summed E-state index contributed by atoms with van der Waals surface area (Å²) in [6.07, 6.45) is 6.46. The van der Waals surface area contributed by atoms with Crippen LogP contribution < -0.4 is 5.32 Å². The average molecular weight is 210 g/mol. The zero-order valence-corrected chi connectivity index (χ0v) is 10.6. The van der Waals surface area contributed by atoms with Crippen molar-refractivity contribution < 1.29 is 0 Å². The van der Waals surface area contributed by atoms with E-state index < -0.39 is 0 Å². The van der Waals surface area contributed by atoms with Crippen LogP contribution in [0.15, 0.2) is 11.6 Å². The summed E-state index contributed by atoms with van der Waals surface area (Å²) < 4.78 is 0. The zero-order valence-electron chi connectivity index (χ0n) is 10.6. The molecule has 0 aromatic heterocycles. The fourth-order valence-corrected chi connectivity index (χ4v) is 2.06. The minimum atomic E-state index is 0.610. The predicted octanol–water partition coefficient (Wildman–Crippen LogP) is 2.42. The molecular formula is C13H26N2. The first kappa shape index (κ1) is 12.7. The molecule has 15 heavy (non-hydrogen) atoms. The molecule has 1 saturated heterocycles. The second-order valence-electron chi connectivity index (χ2n) is 4.95. The second-order valence-corrected chi connectivity index (χ2v) is 4.95. The molecule has 1 rings (SSSR count). The molecule has 0 aromatic carbocycles. The van der Waals surface area contributed by atoms with E-state index in [1.807, 2.05) is 0 Å². The Morgan fingerprint density at radius 1 is 1.27 bits per heavy atom. The molecule has 0 aliphatic carbocycles. The first-order valence-corrected chi connectivity index (χ1v) is 6.27. The largest absolute Gasteiger partial charge is 0.310 e. The standard InChI is InChI=1S/C13H26N2/c1-12(2)7-8-14-13(3)11-15-9-5-4-6-10-15/h7,13-14H,4-6,8-11H2,1-3H3. The summed E-state index contributed by atoms with van der Waals surface area (Å²) in [5.41, 5.74) is 1.40. The van der Waals surface area contributed by atoms with Gasteiger partial charge in [0.15, 0.2) is 0 Å². The highest BCUT2D eigenvalue weighted by Gasteiger charge is 2.12. The number of rotatable bonds is 5. The van der Waals surface area contributed by atoms with Gasteiger partial charge in [0.05, 0.1) is 0 Å². The first-order valence-electron chi connectivity index (χ1n) is 6.27. The molecule has 88 valence electrons.